The van der Waals surface area contributed by atoms with Gasteiger partial charge in [-0.1, -0.05) is 18.2 Å². The van der Waals surface area contributed by atoms with E-state index in [1.54, 1.807) is 0 Å². The predicted octanol–water partition coefficient (Wildman–Crippen LogP) is 1.45. The number of nitrogens with two attached hydrogens (primary N) is 1. The monoisotopic (exact) mass is 291 g/mol. The van der Waals surface area contributed by atoms with Gasteiger partial charge in [-0.05, 0) is 44.5 Å². The lowest BCUT2D eigenvalue weighted by Crippen LogP contribution is -2.47. The molecule has 4 heteroatoms. The van der Waals surface area contributed by atoms with Crippen molar-refractivity contribution in [3.8, 4) is 5.75 Å². The number of piperazine rings is 1. The summed E-state index contributed by atoms with van der Waals surface area (Å²) in [5, 5.41) is 0. The second-order valence-corrected chi connectivity index (χ2v) is 5.95. The van der Waals surface area contributed by atoms with Gasteiger partial charge in [-0.2, -0.15) is 0 Å². The van der Waals surface area contributed by atoms with E-state index in [0.29, 0.717) is 12.5 Å². The maximum absolute atomic E-state index is 6.01. The van der Waals surface area contributed by atoms with Crippen LogP contribution in [0.3, 0.4) is 0 Å². The first-order valence-corrected chi connectivity index (χ1v) is 8.04. The van der Waals surface area contributed by atoms with Gasteiger partial charge in [0, 0.05) is 32.7 Å². The van der Waals surface area contributed by atoms with Gasteiger partial charge in [-0.25, -0.2) is 0 Å². The van der Waals surface area contributed by atoms with Crippen molar-refractivity contribution in [3.05, 3.63) is 29.8 Å². The van der Waals surface area contributed by atoms with E-state index < -0.39 is 0 Å². The second-order valence-electron chi connectivity index (χ2n) is 5.95. The molecule has 1 fully saturated rings. The van der Waals surface area contributed by atoms with Gasteiger partial charge >= 0.3 is 0 Å². The average molecular weight is 291 g/mol. The molecule has 118 valence electrons. The molecule has 1 aliphatic rings. The highest BCUT2D eigenvalue weighted by Crippen LogP contribution is 2.22. The molecular formula is C17H29N3O. The van der Waals surface area contributed by atoms with E-state index in [1.807, 2.05) is 13.0 Å². The van der Waals surface area contributed by atoms with Gasteiger partial charge in [0.1, 0.15) is 5.75 Å². The predicted molar refractivity (Wildman–Crippen MR) is 87.8 cm³/mol. The van der Waals surface area contributed by atoms with Crippen molar-refractivity contribution in [2.45, 2.75) is 13.3 Å². The van der Waals surface area contributed by atoms with Crippen LogP contribution in [-0.2, 0) is 6.42 Å². The molecule has 1 aromatic carbocycles. The maximum Gasteiger partial charge on any atom is 0.122 e. The fourth-order valence-electron chi connectivity index (χ4n) is 2.90. The van der Waals surface area contributed by atoms with Gasteiger partial charge in [-0.15, -0.1) is 0 Å². The number of rotatable bonds is 7. The Labute approximate surface area is 128 Å². The zero-order valence-electron chi connectivity index (χ0n) is 13.4. The highest BCUT2D eigenvalue weighted by Gasteiger charge is 2.19. The Morgan fingerprint density at radius 1 is 1.19 bits per heavy atom. The molecule has 2 N–H and O–H groups in total. The minimum Gasteiger partial charge on any atom is -0.494 e. The van der Waals surface area contributed by atoms with Crippen LogP contribution >= 0.6 is 0 Å². The van der Waals surface area contributed by atoms with E-state index in [9.17, 15) is 0 Å². The summed E-state index contributed by atoms with van der Waals surface area (Å²) in [5.74, 6) is 1.51. The van der Waals surface area contributed by atoms with E-state index in [-0.39, 0.29) is 0 Å². The van der Waals surface area contributed by atoms with Crippen LogP contribution in [0.25, 0.3) is 0 Å². The molecule has 0 saturated carbocycles. The van der Waals surface area contributed by atoms with Gasteiger partial charge in [-0.3, -0.25) is 0 Å². The van der Waals surface area contributed by atoms with Gasteiger partial charge < -0.3 is 20.3 Å². The van der Waals surface area contributed by atoms with Crippen LogP contribution in [0.1, 0.15) is 12.5 Å². The smallest absolute Gasteiger partial charge is 0.122 e. The summed E-state index contributed by atoms with van der Waals surface area (Å²) >= 11 is 0. The summed E-state index contributed by atoms with van der Waals surface area (Å²) in [4.78, 5) is 4.93. The van der Waals surface area contributed by atoms with Gasteiger partial charge in [0.2, 0.25) is 0 Å². The van der Waals surface area contributed by atoms with Crippen LogP contribution in [0.4, 0.5) is 0 Å². The molecule has 0 spiro atoms. The molecule has 2 rings (SSSR count). The average Bonchev–Trinajstić information content (AvgIpc) is 2.51. The summed E-state index contributed by atoms with van der Waals surface area (Å²) in [6.45, 7) is 9.18. The minimum atomic E-state index is 0.495. The summed E-state index contributed by atoms with van der Waals surface area (Å²) < 4.78 is 5.73. The lowest BCUT2D eigenvalue weighted by Gasteiger charge is -2.34. The molecule has 0 aliphatic carbocycles. The van der Waals surface area contributed by atoms with Crippen LogP contribution in [0.5, 0.6) is 5.75 Å². The molecule has 0 aromatic heterocycles. The van der Waals surface area contributed by atoms with Gasteiger partial charge in [0.05, 0.1) is 6.61 Å². The van der Waals surface area contributed by atoms with Crippen molar-refractivity contribution in [1.29, 1.82) is 0 Å². The Balaban J connectivity index is 1.92. The number of benzene rings is 1. The molecule has 1 aromatic rings. The zero-order valence-corrected chi connectivity index (χ0v) is 13.4. The standard InChI is InChI=1S/C17H29N3O/c1-3-21-17-7-5-4-6-16(17)12-15(13-18)14-20-10-8-19(2)9-11-20/h4-7,15H,3,8-14,18H2,1-2H3. The molecule has 1 saturated heterocycles. The number of hydrogen-bond donors (Lipinski definition) is 1. The highest BCUT2D eigenvalue weighted by atomic mass is 16.5. The van der Waals surface area contributed by atoms with E-state index in [0.717, 1.165) is 51.4 Å². The third kappa shape index (κ3) is 4.99. The maximum atomic E-state index is 6.01. The van der Waals surface area contributed by atoms with Crippen LogP contribution in [0.15, 0.2) is 24.3 Å². The van der Waals surface area contributed by atoms with Crippen molar-refractivity contribution in [3.63, 3.8) is 0 Å². The Kier molecular flexibility index (Phi) is 6.49. The fourth-order valence-corrected chi connectivity index (χ4v) is 2.90. The van der Waals surface area contributed by atoms with Crippen LogP contribution < -0.4 is 10.5 Å². The van der Waals surface area contributed by atoms with Crippen molar-refractivity contribution < 1.29 is 4.74 Å². The molecule has 0 radical (unpaired) electrons. The molecule has 0 amide bonds. The number of nitrogens with zero attached hydrogens (tertiary/aromatic N) is 2. The molecule has 0 bridgehead atoms. The van der Waals surface area contributed by atoms with Crippen molar-refractivity contribution in [2.75, 3.05) is 52.9 Å². The van der Waals surface area contributed by atoms with E-state index >= 15 is 0 Å². The van der Waals surface area contributed by atoms with Crippen LogP contribution in [0.2, 0.25) is 0 Å². The Morgan fingerprint density at radius 2 is 1.90 bits per heavy atom. The summed E-state index contributed by atoms with van der Waals surface area (Å²) in [6, 6.07) is 8.34. The topological polar surface area (TPSA) is 41.7 Å². The van der Waals surface area contributed by atoms with Gasteiger partial charge in [0.25, 0.3) is 0 Å². The molecule has 1 heterocycles. The first-order valence-electron chi connectivity index (χ1n) is 8.04. The van der Waals surface area contributed by atoms with E-state index in [4.69, 9.17) is 10.5 Å². The van der Waals surface area contributed by atoms with Crippen molar-refractivity contribution in [2.24, 2.45) is 11.7 Å². The zero-order chi connectivity index (χ0) is 15.1. The molecule has 1 unspecified atom stereocenters. The normalized spacial score (nSPS) is 18.6. The lowest BCUT2D eigenvalue weighted by molar-refractivity contribution is 0.136. The third-order valence-corrected chi connectivity index (χ3v) is 4.23. The summed E-state index contributed by atoms with van der Waals surface area (Å²) in [7, 11) is 2.19. The third-order valence-electron chi connectivity index (χ3n) is 4.23. The Hall–Kier alpha value is -1.10. The molecule has 4 nitrogen and oxygen atoms in total. The molecule has 1 atom stereocenters. The highest BCUT2D eigenvalue weighted by molar-refractivity contribution is 5.33. The van der Waals surface area contributed by atoms with Crippen LogP contribution in [0, 0.1) is 5.92 Å². The SMILES string of the molecule is CCOc1ccccc1CC(CN)CN1CCN(C)CC1. The fraction of sp³-hybridized carbons (Fsp3) is 0.647. The molecular weight excluding hydrogens is 262 g/mol. The molecule has 1 aliphatic heterocycles. The first kappa shape index (κ1) is 16.3. The summed E-state index contributed by atoms with van der Waals surface area (Å²) in [5.41, 5.74) is 7.29. The quantitative estimate of drug-likeness (QED) is 0.825. The van der Waals surface area contributed by atoms with E-state index in [2.05, 4.69) is 35.0 Å². The Bertz CT molecular complexity index is 416. The first-order chi connectivity index (χ1) is 10.2. The minimum absolute atomic E-state index is 0.495. The number of likely N-dealkylation sites (N-methyl/N-ethyl adjacent to an activating group) is 1. The van der Waals surface area contributed by atoms with Crippen molar-refractivity contribution in [1.82, 2.24) is 9.80 Å². The lowest BCUT2D eigenvalue weighted by atomic mass is 9.97. The largest absolute Gasteiger partial charge is 0.494 e. The van der Waals surface area contributed by atoms with E-state index in [1.165, 1.54) is 5.56 Å². The Morgan fingerprint density at radius 3 is 2.57 bits per heavy atom. The number of ether oxygens (including phenoxy) is 1. The number of hydrogen-bond acceptors (Lipinski definition) is 4. The second kappa shape index (κ2) is 8.37. The van der Waals surface area contributed by atoms with Crippen LogP contribution in [-0.4, -0.2) is 62.7 Å². The summed E-state index contributed by atoms with van der Waals surface area (Å²) in [6.07, 6.45) is 0.999. The van der Waals surface area contributed by atoms with Crippen molar-refractivity contribution >= 4 is 0 Å². The molecule has 21 heavy (non-hydrogen) atoms. The van der Waals surface area contributed by atoms with Gasteiger partial charge in [0.15, 0.2) is 0 Å². The number of para-hydroxylation sites is 1.